The molecule has 0 atom stereocenters. The summed E-state index contributed by atoms with van der Waals surface area (Å²) in [4.78, 5) is 4.17. The van der Waals surface area contributed by atoms with E-state index in [-0.39, 0.29) is 0 Å². The summed E-state index contributed by atoms with van der Waals surface area (Å²) >= 11 is 0. The summed E-state index contributed by atoms with van der Waals surface area (Å²) in [7, 11) is 0. The van der Waals surface area contributed by atoms with Gasteiger partial charge in [0, 0.05) is 24.3 Å². The summed E-state index contributed by atoms with van der Waals surface area (Å²) in [5.74, 6) is 0. The van der Waals surface area contributed by atoms with E-state index in [0.717, 1.165) is 16.9 Å². The highest BCUT2D eigenvalue weighted by molar-refractivity contribution is 5.53. The van der Waals surface area contributed by atoms with Crippen LogP contribution in [-0.2, 0) is 0 Å². The number of rotatable bonds is 0. The van der Waals surface area contributed by atoms with Crippen molar-refractivity contribution in [3.63, 3.8) is 0 Å². The number of hydrogen-bond acceptors (Lipinski definition) is 2. The van der Waals surface area contributed by atoms with Crippen molar-refractivity contribution in [2.75, 3.05) is 5.73 Å². The number of nitrogens with two attached hydrogens (primary N) is 1. The molecule has 2 aromatic rings. The number of aromatic nitrogens is 2. The maximum Gasteiger partial charge on any atom is 0.139 e. The largest absolute Gasteiger partial charge is 0.398 e. The number of aryl methyl sites for hydroxylation is 1. The van der Waals surface area contributed by atoms with Gasteiger partial charge in [-0.15, -0.1) is 0 Å². The summed E-state index contributed by atoms with van der Waals surface area (Å²) < 4.78 is 1.92. The smallest absolute Gasteiger partial charge is 0.139 e. The third-order valence-corrected chi connectivity index (χ3v) is 1.69. The predicted molar refractivity (Wildman–Crippen MR) is 44.3 cm³/mol. The van der Waals surface area contributed by atoms with E-state index in [1.807, 2.05) is 29.8 Å². The van der Waals surface area contributed by atoms with Crippen molar-refractivity contribution in [2.24, 2.45) is 0 Å². The van der Waals surface area contributed by atoms with Crippen LogP contribution in [0.4, 0.5) is 5.69 Å². The van der Waals surface area contributed by atoms with Gasteiger partial charge in [-0.1, -0.05) is 0 Å². The molecule has 2 rings (SSSR count). The quantitative estimate of drug-likeness (QED) is 0.609. The van der Waals surface area contributed by atoms with Crippen LogP contribution < -0.4 is 5.73 Å². The molecule has 0 aromatic carbocycles. The van der Waals surface area contributed by atoms with Gasteiger partial charge in [-0.05, 0) is 18.6 Å². The van der Waals surface area contributed by atoms with Gasteiger partial charge in [-0.3, -0.25) is 0 Å². The molecule has 11 heavy (non-hydrogen) atoms. The minimum atomic E-state index is 0.771. The van der Waals surface area contributed by atoms with E-state index < -0.39 is 0 Å². The summed E-state index contributed by atoms with van der Waals surface area (Å²) in [6.45, 7) is 2.00. The fourth-order valence-electron chi connectivity index (χ4n) is 1.24. The van der Waals surface area contributed by atoms with Crippen LogP contribution in [0.2, 0.25) is 0 Å². The second kappa shape index (κ2) is 1.99. The lowest BCUT2D eigenvalue weighted by atomic mass is 10.3. The Morgan fingerprint density at radius 2 is 2.36 bits per heavy atom. The molecule has 0 bridgehead atoms. The highest BCUT2D eigenvalue weighted by atomic mass is 15.0. The average molecular weight is 147 g/mol. The summed E-state index contributed by atoms with van der Waals surface area (Å²) in [5.41, 5.74) is 8.48. The molecular formula is C8H9N3. The normalized spacial score (nSPS) is 10.6. The van der Waals surface area contributed by atoms with Crippen LogP contribution >= 0.6 is 0 Å². The van der Waals surface area contributed by atoms with Crippen molar-refractivity contribution in [1.29, 1.82) is 0 Å². The number of fused-ring (bicyclic) bond motifs is 1. The molecule has 0 amide bonds. The molecule has 0 aliphatic rings. The van der Waals surface area contributed by atoms with Gasteiger partial charge < -0.3 is 10.1 Å². The Bertz CT molecular complexity index is 389. The molecule has 0 radical (unpaired) electrons. The van der Waals surface area contributed by atoms with Crippen LogP contribution in [0.15, 0.2) is 24.7 Å². The lowest BCUT2D eigenvalue weighted by Gasteiger charge is -1.98. The lowest BCUT2D eigenvalue weighted by Crippen LogP contribution is -1.92. The topological polar surface area (TPSA) is 43.3 Å². The maximum absolute atomic E-state index is 5.64. The second-order valence-electron chi connectivity index (χ2n) is 2.61. The number of nitrogens with zero attached hydrogens (tertiary/aromatic N) is 2. The van der Waals surface area contributed by atoms with Gasteiger partial charge in [-0.2, -0.15) is 0 Å². The minimum Gasteiger partial charge on any atom is -0.398 e. The minimum absolute atomic E-state index is 0.771. The first-order valence-electron chi connectivity index (χ1n) is 3.46. The summed E-state index contributed by atoms with van der Waals surface area (Å²) in [6, 6.07) is 1.92. The first-order chi connectivity index (χ1) is 5.27. The molecule has 2 N–H and O–H groups in total. The van der Waals surface area contributed by atoms with E-state index in [2.05, 4.69) is 4.98 Å². The standard InChI is InChI=1S/C8H9N3/c1-6-4-7(9)5-11-3-2-10-8(6)11/h2-5H,9H2,1H3. The zero-order valence-corrected chi connectivity index (χ0v) is 6.28. The number of anilines is 1. The molecule has 0 saturated carbocycles. The predicted octanol–water partition coefficient (Wildman–Crippen LogP) is 1.22. The lowest BCUT2D eigenvalue weighted by molar-refractivity contribution is 1.17. The van der Waals surface area contributed by atoms with E-state index in [1.54, 1.807) is 6.20 Å². The van der Waals surface area contributed by atoms with Crippen molar-refractivity contribution in [1.82, 2.24) is 9.38 Å². The molecule has 0 aliphatic carbocycles. The van der Waals surface area contributed by atoms with Gasteiger partial charge in [0.1, 0.15) is 5.65 Å². The van der Waals surface area contributed by atoms with Gasteiger partial charge in [0.05, 0.1) is 0 Å². The third kappa shape index (κ3) is 0.852. The number of hydrogen-bond donors (Lipinski definition) is 1. The summed E-state index contributed by atoms with van der Waals surface area (Å²) in [6.07, 6.45) is 5.51. The van der Waals surface area contributed by atoms with Gasteiger partial charge in [0.2, 0.25) is 0 Å². The van der Waals surface area contributed by atoms with E-state index in [9.17, 15) is 0 Å². The Hall–Kier alpha value is -1.51. The molecule has 0 spiro atoms. The van der Waals surface area contributed by atoms with Crippen LogP contribution in [0.25, 0.3) is 5.65 Å². The fourth-order valence-corrected chi connectivity index (χ4v) is 1.24. The third-order valence-electron chi connectivity index (χ3n) is 1.69. The van der Waals surface area contributed by atoms with Gasteiger partial charge in [0.15, 0.2) is 0 Å². The zero-order valence-electron chi connectivity index (χ0n) is 6.28. The molecule has 3 nitrogen and oxygen atoms in total. The van der Waals surface area contributed by atoms with Crippen LogP contribution in [0, 0.1) is 6.92 Å². The molecule has 2 aromatic heterocycles. The van der Waals surface area contributed by atoms with Crippen LogP contribution in [-0.4, -0.2) is 9.38 Å². The summed E-state index contributed by atoms with van der Waals surface area (Å²) in [5, 5.41) is 0. The molecule has 0 unspecified atom stereocenters. The molecule has 0 aliphatic heterocycles. The van der Waals surface area contributed by atoms with Crippen LogP contribution in [0.1, 0.15) is 5.56 Å². The molecule has 2 heterocycles. The number of pyridine rings is 1. The van der Waals surface area contributed by atoms with Crippen LogP contribution in [0.5, 0.6) is 0 Å². The molecule has 0 saturated heterocycles. The number of nitrogen functional groups attached to an aromatic ring is 1. The average Bonchev–Trinajstić information content (AvgIpc) is 2.34. The van der Waals surface area contributed by atoms with Gasteiger partial charge in [0.25, 0.3) is 0 Å². The van der Waals surface area contributed by atoms with Gasteiger partial charge in [-0.25, -0.2) is 4.98 Å². The monoisotopic (exact) mass is 147 g/mol. The Kier molecular flexibility index (Phi) is 1.12. The highest BCUT2D eigenvalue weighted by Gasteiger charge is 1.97. The Balaban J connectivity index is 2.91. The zero-order chi connectivity index (χ0) is 7.84. The Labute approximate surface area is 64.5 Å². The highest BCUT2D eigenvalue weighted by Crippen LogP contribution is 2.11. The van der Waals surface area contributed by atoms with E-state index in [4.69, 9.17) is 5.73 Å². The van der Waals surface area contributed by atoms with Gasteiger partial charge >= 0.3 is 0 Å². The molecular weight excluding hydrogens is 138 g/mol. The molecule has 0 fully saturated rings. The fraction of sp³-hybridized carbons (Fsp3) is 0.125. The second-order valence-corrected chi connectivity index (χ2v) is 2.61. The SMILES string of the molecule is Cc1cc(N)cn2ccnc12. The van der Waals surface area contributed by atoms with Crippen molar-refractivity contribution in [3.8, 4) is 0 Å². The first kappa shape index (κ1) is 6.22. The Morgan fingerprint density at radius 3 is 3.18 bits per heavy atom. The van der Waals surface area contributed by atoms with Crippen molar-refractivity contribution in [2.45, 2.75) is 6.92 Å². The maximum atomic E-state index is 5.64. The van der Waals surface area contributed by atoms with Crippen molar-refractivity contribution < 1.29 is 0 Å². The van der Waals surface area contributed by atoms with E-state index >= 15 is 0 Å². The number of imidazole rings is 1. The molecule has 3 heteroatoms. The van der Waals surface area contributed by atoms with Crippen molar-refractivity contribution >= 4 is 11.3 Å². The molecule has 56 valence electrons. The van der Waals surface area contributed by atoms with Crippen molar-refractivity contribution in [3.05, 3.63) is 30.2 Å². The van der Waals surface area contributed by atoms with Crippen LogP contribution in [0.3, 0.4) is 0 Å². The van der Waals surface area contributed by atoms with E-state index in [0.29, 0.717) is 0 Å². The first-order valence-corrected chi connectivity index (χ1v) is 3.46. The Morgan fingerprint density at radius 1 is 1.55 bits per heavy atom. The van der Waals surface area contributed by atoms with E-state index in [1.165, 1.54) is 0 Å².